The number of carbonyl (C=O) groups excluding carboxylic acids is 1. The minimum absolute atomic E-state index is 0.0474. The number of allylic oxidation sites excluding steroid dienone is 1. The van der Waals surface area contributed by atoms with E-state index in [1.54, 1.807) is 6.07 Å². The molecular weight excluding hydrogens is 366 g/mol. The molecule has 3 aromatic rings. The number of rotatable bonds is 7. The van der Waals surface area contributed by atoms with Crippen molar-refractivity contribution >= 4 is 22.6 Å². The second kappa shape index (κ2) is 9.07. The van der Waals surface area contributed by atoms with Gasteiger partial charge in [-0.1, -0.05) is 62.7 Å². The summed E-state index contributed by atoms with van der Waals surface area (Å²) in [6, 6.07) is 18.7. The number of fused-ring (bicyclic) bond motifs is 1. The second-order valence-electron chi connectivity index (χ2n) is 6.92. The molecular formula is C23H23N3O3. The summed E-state index contributed by atoms with van der Waals surface area (Å²) in [6.07, 6.45) is 0.804. The first-order chi connectivity index (χ1) is 14.0. The highest BCUT2D eigenvalue weighted by atomic mass is 16.5. The van der Waals surface area contributed by atoms with Crippen molar-refractivity contribution in [3.05, 3.63) is 71.7 Å². The molecule has 2 atom stereocenters. The van der Waals surface area contributed by atoms with Crippen molar-refractivity contribution in [2.24, 2.45) is 5.92 Å². The van der Waals surface area contributed by atoms with Gasteiger partial charge in [-0.05, 0) is 23.6 Å². The molecule has 0 aliphatic rings. The number of nitrogens with one attached hydrogen (secondary N) is 1. The van der Waals surface area contributed by atoms with Crippen LogP contribution in [0.4, 0.5) is 0 Å². The molecule has 0 saturated carbocycles. The number of aliphatic hydroxyl groups excluding tert-OH is 1. The van der Waals surface area contributed by atoms with Crippen LogP contribution in [0.15, 0.2) is 60.4 Å². The van der Waals surface area contributed by atoms with Crippen LogP contribution in [0.2, 0.25) is 0 Å². The number of H-pyrrole nitrogens is 1. The lowest BCUT2D eigenvalue weighted by molar-refractivity contribution is -0.146. The van der Waals surface area contributed by atoms with E-state index in [0.717, 1.165) is 17.5 Å². The number of nitriles is 1. The van der Waals surface area contributed by atoms with Crippen molar-refractivity contribution in [2.75, 3.05) is 6.61 Å². The van der Waals surface area contributed by atoms with Crippen LogP contribution in [-0.4, -0.2) is 27.7 Å². The smallest absolute Gasteiger partial charge is 0.314 e. The minimum Gasteiger partial charge on any atom is -0.507 e. The number of imidazole rings is 1. The largest absolute Gasteiger partial charge is 0.507 e. The molecule has 0 spiro atoms. The van der Waals surface area contributed by atoms with Crippen LogP contribution in [0.25, 0.3) is 16.6 Å². The molecule has 2 aromatic carbocycles. The van der Waals surface area contributed by atoms with E-state index >= 15 is 0 Å². The molecule has 0 unspecified atom stereocenters. The Hall–Kier alpha value is -3.59. The molecule has 148 valence electrons. The maximum atomic E-state index is 12.8. The van der Waals surface area contributed by atoms with E-state index in [1.165, 1.54) is 0 Å². The van der Waals surface area contributed by atoms with E-state index in [1.807, 2.05) is 68.4 Å². The number of aliphatic hydroxyl groups is 1. The van der Waals surface area contributed by atoms with Crippen molar-refractivity contribution in [1.29, 1.82) is 5.26 Å². The third-order valence-electron chi connectivity index (χ3n) is 5.00. The van der Waals surface area contributed by atoms with Crippen molar-refractivity contribution < 1.29 is 14.6 Å². The van der Waals surface area contributed by atoms with E-state index in [9.17, 15) is 15.2 Å². The molecule has 0 aliphatic heterocycles. The standard InChI is InChI=1S/C23H23N3O3/c1-3-15(2)21(16-9-5-4-6-10-16)23(28)29-14-20(27)17(13-24)22-25-18-11-7-8-12-19(18)26-22/h4-12,15,21,27H,3,14H2,1-2H3,(H,25,26)/b20-17-/t15-,21-/m1/s1. The highest BCUT2D eigenvalue weighted by Gasteiger charge is 2.28. The zero-order chi connectivity index (χ0) is 20.8. The first-order valence-corrected chi connectivity index (χ1v) is 9.54. The molecule has 0 amide bonds. The predicted octanol–water partition coefficient (Wildman–Crippen LogP) is 4.73. The molecule has 1 aromatic heterocycles. The molecule has 0 aliphatic carbocycles. The lowest BCUT2D eigenvalue weighted by Crippen LogP contribution is -2.23. The topological polar surface area (TPSA) is 99.0 Å². The summed E-state index contributed by atoms with van der Waals surface area (Å²) in [5, 5.41) is 19.9. The zero-order valence-electron chi connectivity index (χ0n) is 16.4. The average molecular weight is 389 g/mol. The van der Waals surface area contributed by atoms with E-state index in [-0.39, 0.29) is 23.1 Å². The Morgan fingerprint density at radius 1 is 1.21 bits per heavy atom. The number of aromatic nitrogens is 2. The fourth-order valence-corrected chi connectivity index (χ4v) is 3.22. The van der Waals surface area contributed by atoms with Gasteiger partial charge >= 0.3 is 5.97 Å². The quantitative estimate of drug-likeness (QED) is 0.346. The molecule has 0 radical (unpaired) electrons. The van der Waals surface area contributed by atoms with Crippen LogP contribution >= 0.6 is 0 Å². The van der Waals surface area contributed by atoms with E-state index in [4.69, 9.17) is 4.74 Å². The van der Waals surface area contributed by atoms with Gasteiger partial charge in [-0.3, -0.25) is 4.79 Å². The number of ether oxygens (including phenoxy) is 1. The van der Waals surface area contributed by atoms with E-state index < -0.39 is 18.5 Å². The third kappa shape index (κ3) is 4.46. The van der Waals surface area contributed by atoms with Crippen LogP contribution in [-0.2, 0) is 9.53 Å². The number of nitrogens with zero attached hydrogens (tertiary/aromatic N) is 2. The number of esters is 1. The summed E-state index contributed by atoms with van der Waals surface area (Å²) in [7, 11) is 0. The summed E-state index contributed by atoms with van der Waals surface area (Å²) in [5.41, 5.74) is 2.25. The normalized spacial score (nSPS) is 14.0. The SMILES string of the molecule is CC[C@@H](C)[C@@H](C(=O)OC/C(O)=C(\C#N)c1nc2ccccc2[nH]1)c1ccccc1. The molecule has 29 heavy (non-hydrogen) atoms. The number of para-hydroxylation sites is 2. The molecule has 0 fully saturated rings. The molecule has 6 heteroatoms. The van der Waals surface area contributed by atoms with Crippen molar-refractivity contribution in [2.45, 2.75) is 26.2 Å². The molecule has 3 rings (SSSR count). The van der Waals surface area contributed by atoms with E-state index in [2.05, 4.69) is 9.97 Å². The number of aromatic amines is 1. The Bertz CT molecular complexity index is 1030. The van der Waals surface area contributed by atoms with Crippen LogP contribution in [0, 0.1) is 17.2 Å². The second-order valence-corrected chi connectivity index (χ2v) is 6.92. The summed E-state index contributed by atoms with van der Waals surface area (Å²) < 4.78 is 5.38. The van der Waals surface area contributed by atoms with Crippen molar-refractivity contribution in [3.63, 3.8) is 0 Å². The van der Waals surface area contributed by atoms with Gasteiger partial charge in [0.15, 0.2) is 11.6 Å². The molecule has 1 heterocycles. The fourth-order valence-electron chi connectivity index (χ4n) is 3.22. The predicted molar refractivity (Wildman–Crippen MR) is 111 cm³/mol. The first-order valence-electron chi connectivity index (χ1n) is 9.54. The Labute approximate surface area is 169 Å². The Kier molecular flexibility index (Phi) is 6.30. The molecule has 6 nitrogen and oxygen atoms in total. The summed E-state index contributed by atoms with van der Waals surface area (Å²) >= 11 is 0. The number of benzene rings is 2. The lowest BCUT2D eigenvalue weighted by atomic mass is 9.86. The Morgan fingerprint density at radius 3 is 2.55 bits per heavy atom. The maximum absolute atomic E-state index is 12.8. The number of hydrogen-bond acceptors (Lipinski definition) is 5. The van der Waals surface area contributed by atoms with Gasteiger partial charge in [0, 0.05) is 0 Å². The minimum atomic E-state index is -0.439. The highest BCUT2D eigenvalue weighted by Crippen LogP contribution is 2.28. The number of carbonyl (C=O) groups is 1. The maximum Gasteiger partial charge on any atom is 0.314 e. The fraction of sp³-hybridized carbons (Fsp3) is 0.261. The van der Waals surface area contributed by atoms with E-state index in [0.29, 0.717) is 5.52 Å². The Morgan fingerprint density at radius 2 is 1.90 bits per heavy atom. The molecule has 2 N–H and O–H groups in total. The van der Waals surface area contributed by atoms with Gasteiger partial charge in [-0.15, -0.1) is 0 Å². The Balaban J connectivity index is 1.80. The summed E-state index contributed by atoms with van der Waals surface area (Å²) in [4.78, 5) is 20.1. The van der Waals surface area contributed by atoms with Crippen molar-refractivity contribution in [1.82, 2.24) is 9.97 Å². The van der Waals surface area contributed by atoms with Gasteiger partial charge in [0.05, 0.1) is 17.0 Å². The molecule has 0 saturated heterocycles. The van der Waals surface area contributed by atoms with Gasteiger partial charge in [-0.25, -0.2) is 4.98 Å². The van der Waals surface area contributed by atoms with Gasteiger partial charge in [0.1, 0.15) is 18.2 Å². The van der Waals surface area contributed by atoms with Gasteiger partial charge in [0.2, 0.25) is 0 Å². The van der Waals surface area contributed by atoms with Crippen LogP contribution in [0.1, 0.15) is 37.6 Å². The van der Waals surface area contributed by atoms with Crippen LogP contribution < -0.4 is 0 Å². The number of hydrogen-bond donors (Lipinski definition) is 2. The van der Waals surface area contributed by atoms with Crippen molar-refractivity contribution in [3.8, 4) is 6.07 Å². The van der Waals surface area contributed by atoms with Crippen LogP contribution in [0.3, 0.4) is 0 Å². The van der Waals surface area contributed by atoms with Gasteiger partial charge < -0.3 is 14.8 Å². The zero-order valence-corrected chi connectivity index (χ0v) is 16.4. The average Bonchev–Trinajstić information content (AvgIpc) is 3.17. The van der Waals surface area contributed by atoms with Gasteiger partial charge in [0.25, 0.3) is 0 Å². The monoisotopic (exact) mass is 389 g/mol. The third-order valence-corrected chi connectivity index (χ3v) is 5.00. The van der Waals surface area contributed by atoms with Gasteiger partial charge in [-0.2, -0.15) is 5.26 Å². The first kappa shape index (κ1) is 20.2. The summed E-state index contributed by atoms with van der Waals surface area (Å²) in [5.74, 6) is -0.897. The van der Waals surface area contributed by atoms with Crippen LogP contribution in [0.5, 0.6) is 0 Å². The molecule has 0 bridgehead atoms. The lowest BCUT2D eigenvalue weighted by Gasteiger charge is -2.21. The highest BCUT2D eigenvalue weighted by molar-refractivity contribution is 5.83. The summed E-state index contributed by atoms with van der Waals surface area (Å²) in [6.45, 7) is 3.61.